The van der Waals surface area contributed by atoms with Crippen molar-refractivity contribution in [1.82, 2.24) is 9.78 Å². The number of aromatic nitrogens is 2. The van der Waals surface area contributed by atoms with Gasteiger partial charge in [0.05, 0.1) is 19.4 Å². The number of hydrogen-bond donors (Lipinski definition) is 1. The molecule has 2 heterocycles. The Hall–Kier alpha value is -2.87. The summed E-state index contributed by atoms with van der Waals surface area (Å²) in [4.78, 5) is 26.3. The van der Waals surface area contributed by atoms with Crippen molar-refractivity contribution >= 4 is 23.5 Å². The number of carbonyl (C=O) groups excluding carboxylic acids is 2. The summed E-state index contributed by atoms with van der Waals surface area (Å²) in [7, 11) is 1.74. The van der Waals surface area contributed by atoms with Crippen LogP contribution in [0.1, 0.15) is 32.8 Å². The lowest BCUT2D eigenvalue weighted by Crippen LogP contribution is -2.29. The number of anilines is 2. The molecule has 1 N–H and O–H groups in total. The molecule has 3 rings (SSSR count). The van der Waals surface area contributed by atoms with Crippen molar-refractivity contribution < 1.29 is 19.1 Å². The Labute approximate surface area is 170 Å². The van der Waals surface area contributed by atoms with Crippen LogP contribution in [0.15, 0.2) is 36.5 Å². The van der Waals surface area contributed by atoms with Gasteiger partial charge in [-0.1, -0.05) is 30.3 Å². The molecular weight excluding hydrogens is 372 g/mol. The largest absolute Gasteiger partial charge is 0.444 e. The molecule has 0 spiro atoms. The van der Waals surface area contributed by atoms with E-state index in [0.717, 1.165) is 5.56 Å². The Bertz CT molecular complexity index is 857. The fourth-order valence-corrected chi connectivity index (χ4v) is 3.19. The minimum absolute atomic E-state index is 0.0377. The van der Waals surface area contributed by atoms with Crippen LogP contribution in [-0.2, 0) is 27.9 Å². The van der Waals surface area contributed by atoms with Gasteiger partial charge in [0, 0.05) is 25.9 Å². The number of nitrogens with one attached hydrogen (secondary N) is 1. The number of nitrogens with zero attached hydrogens (tertiary/aromatic N) is 3. The number of benzene rings is 1. The molecular formula is C21H28N4O4. The third kappa shape index (κ3) is 5.80. The van der Waals surface area contributed by atoms with Gasteiger partial charge in [-0.15, -0.1) is 0 Å². The second-order valence-electron chi connectivity index (χ2n) is 8.24. The maximum atomic E-state index is 12.6. The molecule has 1 unspecified atom stereocenters. The highest BCUT2D eigenvalue weighted by atomic mass is 16.6. The average molecular weight is 400 g/mol. The summed E-state index contributed by atoms with van der Waals surface area (Å²) in [6.45, 7) is 6.87. The van der Waals surface area contributed by atoms with E-state index in [1.807, 2.05) is 30.3 Å². The van der Waals surface area contributed by atoms with Gasteiger partial charge in [-0.3, -0.25) is 19.7 Å². The molecule has 0 aliphatic carbocycles. The second kappa shape index (κ2) is 8.65. The highest BCUT2D eigenvalue weighted by Crippen LogP contribution is 2.30. The minimum Gasteiger partial charge on any atom is -0.444 e. The maximum absolute atomic E-state index is 12.6. The molecule has 156 valence electrons. The molecule has 1 aromatic heterocycles. The highest BCUT2D eigenvalue weighted by molar-refractivity contribution is 5.99. The number of ether oxygens (including phenoxy) is 2. The first-order chi connectivity index (χ1) is 13.7. The zero-order valence-electron chi connectivity index (χ0n) is 17.3. The molecule has 8 nitrogen and oxygen atoms in total. The van der Waals surface area contributed by atoms with Crippen LogP contribution in [0.3, 0.4) is 0 Å². The number of aryl methyl sites for hydroxylation is 1. The van der Waals surface area contributed by atoms with Crippen molar-refractivity contribution in [2.24, 2.45) is 13.0 Å². The van der Waals surface area contributed by atoms with E-state index in [9.17, 15) is 9.59 Å². The fourth-order valence-electron chi connectivity index (χ4n) is 3.19. The van der Waals surface area contributed by atoms with Crippen LogP contribution < -0.4 is 10.2 Å². The average Bonchev–Trinajstić information content (AvgIpc) is 3.16. The highest BCUT2D eigenvalue weighted by Gasteiger charge is 2.34. The van der Waals surface area contributed by atoms with E-state index >= 15 is 0 Å². The van der Waals surface area contributed by atoms with Gasteiger partial charge in [0.15, 0.2) is 5.82 Å². The Morgan fingerprint density at radius 1 is 1.28 bits per heavy atom. The summed E-state index contributed by atoms with van der Waals surface area (Å²) >= 11 is 0. The molecule has 0 bridgehead atoms. The van der Waals surface area contributed by atoms with Crippen molar-refractivity contribution in [3.8, 4) is 0 Å². The van der Waals surface area contributed by atoms with Crippen molar-refractivity contribution in [3.05, 3.63) is 42.1 Å². The summed E-state index contributed by atoms with van der Waals surface area (Å²) in [5.41, 5.74) is 0.931. The van der Waals surface area contributed by atoms with E-state index in [1.54, 1.807) is 43.6 Å². The Balaban J connectivity index is 1.60. The minimum atomic E-state index is -0.614. The maximum Gasteiger partial charge on any atom is 0.412 e. The van der Waals surface area contributed by atoms with Gasteiger partial charge in [0.1, 0.15) is 11.3 Å². The van der Waals surface area contributed by atoms with Gasteiger partial charge in [-0.05, 0) is 26.3 Å². The zero-order valence-corrected chi connectivity index (χ0v) is 17.3. The fraction of sp³-hybridized carbons (Fsp3) is 0.476. The van der Waals surface area contributed by atoms with E-state index in [1.165, 1.54) is 0 Å². The third-order valence-corrected chi connectivity index (χ3v) is 4.37. The van der Waals surface area contributed by atoms with Crippen molar-refractivity contribution in [2.45, 2.75) is 39.4 Å². The lowest BCUT2D eigenvalue weighted by molar-refractivity contribution is -0.117. The van der Waals surface area contributed by atoms with E-state index < -0.39 is 11.7 Å². The molecule has 1 aliphatic rings. The van der Waals surface area contributed by atoms with Crippen LogP contribution in [0.2, 0.25) is 0 Å². The number of carbonyl (C=O) groups is 2. The first-order valence-corrected chi connectivity index (χ1v) is 9.67. The molecule has 1 aromatic carbocycles. The van der Waals surface area contributed by atoms with E-state index in [4.69, 9.17) is 9.47 Å². The number of amides is 2. The summed E-state index contributed by atoms with van der Waals surface area (Å²) in [6.07, 6.45) is 1.46. The summed E-state index contributed by atoms with van der Waals surface area (Å²) in [5.74, 6) is 0.459. The normalized spacial score (nSPS) is 16.9. The van der Waals surface area contributed by atoms with Crippen LogP contribution in [-0.4, -0.2) is 40.5 Å². The molecule has 1 fully saturated rings. The van der Waals surface area contributed by atoms with Gasteiger partial charge in [0.25, 0.3) is 0 Å². The van der Waals surface area contributed by atoms with E-state index in [2.05, 4.69) is 10.4 Å². The van der Waals surface area contributed by atoms with E-state index in [0.29, 0.717) is 37.7 Å². The first kappa shape index (κ1) is 20.9. The molecule has 2 aromatic rings. The van der Waals surface area contributed by atoms with Gasteiger partial charge in [0.2, 0.25) is 5.91 Å². The van der Waals surface area contributed by atoms with Crippen LogP contribution in [0.25, 0.3) is 0 Å². The molecule has 1 aliphatic heterocycles. The van der Waals surface area contributed by atoms with Crippen molar-refractivity contribution in [1.29, 1.82) is 0 Å². The van der Waals surface area contributed by atoms with Crippen LogP contribution in [0.5, 0.6) is 0 Å². The molecule has 2 amide bonds. The lowest BCUT2D eigenvalue weighted by atomic mass is 10.1. The predicted octanol–water partition coefficient (Wildman–Crippen LogP) is 3.34. The zero-order chi connectivity index (χ0) is 21.0. The van der Waals surface area contributed by atoms with Gasteiger partial charge >= 0.3 is 6.09 Å². The Kier molecular flexibility index (Phi) is 6.22. The summed E-state index contributed by atoms with van der Waals surface area (Å²) in [6, 6.07) is 9.93. The molecule has 0 saturated carbocycles. The third-order valence-electron chi connectivity index (χ3n) is 4.37. The van der Waals surface area contributed by atoms with Crippen LogP contribution >= 0.6 is 0 Å². The van der Waals surface area contributed by atoms with Crippen LogP contribution in [0, 0.1) is 5.92 Å². The monoisotopic (exact) mass is 400 g/mol. The molecule has 1 saturated heterocycles. The second-order valence-corrected chi connectivity index (χ2v) is 8.24. The lowest BCUT2D eigenvalue weighted by Gasteiger charge is -2.20. The molecule has 8 heteroatoms. The SMILES string of the molecule is Cn1cc(NC(=O)OC(C)(C)C)c(N2CC(COCc3ccccc3)CC2=O)n1. The molecule has 1 atom stereocenters. The van der Waals surface area contributed by atoms with Crippen molar-refractivity contribution in [3.63, 3.8) is 0 Å². The standard InChI is InChI=1S/C21H28N4O4/c1-21(2,3)29-20(27)22-17-12-24(4)23-19(17)25-11-16(10-18(25)26)14-28-13-15-8-6-5-7-9-15/h5-9,12,16H,10-11,13-14H2,1-4H3,(H,22,27). The Morgan fingerprint density at radius 3 is 2.69 bits per heavy atom. The van der Waals surface area contributed by atoms with Gasteiger partial charge < -0.3 is 9.47 Å². The topological polar surface area (TPSA) is 85.7 Å². The smallest absolute Gasteiger partial charge is 0.412 e. The molecule has 0 radical (unpaired) electrons. The summed E-state index contributed by atoms with van der Waals surface area (Å²) < 4.78 is 12.7. The van der Waals surface area contributed by atoms with Gasteiger partial charge in [-0.2, -0.15) is 5.10 Å². The van der Waals surface area contributed by atoms with Crippen LogP contribution in [0.4, 0.5) is 16.3 Å². The predicted molar refractivity (Wildman–Crippen MR) is 110 cm³/mol. The molecule has 29 heavy (non-hydrogen) atoms. The number of hydrogen-bond acceptors (Lipinski definition) is 5. The number of rotatable bonds is 6. The van der Waals surface area contributed by atoms with E-state index in [-0.39, 0.29) is 11.8 Å². The Morgan fingerprint density at radius 2 is 2.00 bits per heavy atom. The van der Waals surface area contributed by atoms with Gasteiger partial charge in [-0.25, -0.2) is 4.79 Å². The first-order valence-electron chi connectivity index (χ1n) is 9.67. The van der Waals surface area contributed by atoms with Crippen molar-refractivity contribution in [2.75, 3.05) is 23.4 Å². The quantitative estimate of drug-likeness (QED) is 0.804. The summed E-state index contributed by atoms with van der Waals surface area (Å²) in [5, 5.41) is 7.06.